The van der Waals surface area contributed by atoms with Gasteiger partial charge in [-0.05, 0) is 0 Å². The summed E-state index contributed by atoms with van der Waals surface area (Å²) in [6, 6.07) is 0. The van der Waals surface area contributed by atoms with Gasteiger partial charge < -0.3 is 29.0 Å². The molecule has 0 unspecified atom stereocenters. The van der Waals surface area contributed by atoms with Gasteiger partial charge in [0.2, 0.25) is 5.91 Å². The van der Waals surface area contributed by atoms with Crippen LogP contribution in [0.15, 0.2) is 0 Å². The molecule has 1 rings (SSSR count). The highest BCUT2D eigenvalue weighted by molar-refractivity contribution is 5.73. The highest BCUT2D eigenvalue weighted by Gasteiger charge is 2.52. The predicted molar refractivity (Wildman–Crippen MR) is 85.8 cm³/mol. The van der Waals surface area contributed by atoms with Gasteiger partial charge in [0.1, 0.15) is 12.7 Å². The summed E-state index contributed by atoms with van der Waals surface area (Å²) in [5.41, 5.74) is 0. The molecule has 1 saturated heterocycles. The van der Waals surface area contributed by atoms with Crippen LogP contribution in [0.2, 0.25) is 0 Å². The number of hydrogen-bond acceptors (Lipinski definition) is 10. The Morgan fingerprint density at radius 3 is 1.67 bits per heavy atom. The number of rotatable bonds is 6. The Balaban J connectivity index is 3.29. The van der Waals surface area contributed by atoms with E-state index in [1.807, 2.05) is 0 Å². The van der Waals surface area contributed by atoms with Crippen LogP contribution < -0.4 is 5.32 Å². The van der Waals surface area contributed by atoms with Gasteiger partial charge in [-0.25, -0.2) is 0 Å². The number of ether oxygens (including phenoxy) is 5. The Kier molecular flexibility index (Phi) is 8.16. The van der Waals surface area contributed by atoms with Crippen molar-refractivity contribution in [1.82, 2.24) is 5.32 Å². The first-order valence-corrected chi connectivity index (χ1v) is 8.08. The summed E-state index contributed by atoms with van der Waals surface area (Å²) in [4.78, 5) is 57.2. The van der Waals surface area contributed by atoms with Gasteiger partial charge in [0, 0.05) is 34.6 Å². The number of esters is 4. The van der Waals surface area contributed by atoms with E-state index < -0.39 is 60.4 Å². The Labute approximate surface area is 155 Å². The summed E-state index contributed by atoms with van der Waals surface area (Å²) in [5, 5.41) is 2.42. The van der Waals surface area contributed by atoms with E-state index in [1.165, 1.54) is 13.8 Å². The molecule has 0 spiro atoms. The molecule has 11 nitrogen and oxygen atoms in total. The van der Waals surface area contributed by atoms with Crippen LogP contribution in [0.5, 0.6) is 0 Å². The lowest BCUT2D eigenvalue weighted by molar-refractivity contribution is -0.256. The van der Waals surface area contributed by atoms with Gasteiger partial charge in [-0.1, -0.05) is 0 Å². The Bertz CT molecular complexity index is 604. The summed E-state index contributed by atoms with van der Waals surface area (Å²) in [5.74, 6) is -3.36. The smallest absolute Gasteiger partial charge is 0.303 e. The van der Waals surface area contributed by atoms with E-state index in [1.54, 1.807) is 0 Å². The first-order valence-electron chi connectivity index (χ1n) is 8.08. The third-order valence-corrected chi connectivity index (χ3v) is 3.34. The molecular formula is C16H23NO10. The van der Waals surface area contributed by atoms with Gasteiger partial charge in [0.15, 0.2) is 24.5 Å². The molecule has 1 fully saturated rings. The second-order valence-corrected chi connectivity index (χ2v) is 5.82. The summed E-state index contributed by atoms with van der Waals surface area (Å²) in [6.45, 7) is 5.36. The van der Waals surface area contributed by atoms with Crippen molar-refractivity contribution in [3.63, 3.8) is 0 Å². The minimum atomic E-state index is -1.30. The van der Waals surface area contributed by atoms with Gasteiger partial charge in [-0.15, -0.1) is 0 Å². The number of nitrogens with one attached hydrogen (secondary N) is 1. The molecule has 0 aromatic carbocycles. The number of hydrogen-bond donors (Lipinski definition) is 1. The fourth-order valence-corrected chi connectivity index (χ4v) is 2.54. The van der Waals surface area contributed by atoms with Crippen molar-refractivity contribution in [2.45, 2.75) is 65.3 Å². The molecule has 1 amide bonds. The van der Waals surface area contributed by atoms with Gasteiger partial charge in [0.25, 0.3) is 0 Å². The molecule has 0 bridgehead atoms. The van der Waals surface area contributed by atoms with Crippen LogP contribution in [0, 0.1) is 0 Å². The van der Waals surface area contributed by atoms with Crippen molar-refractivity contribution in [2.75, 3.05) is 6.61 Å². The molecule has 11 heteroatoms. The zero-order valence-electron chi connectivity index (χ0n) is 15.7. The van der Waals surface area contributed by atoms with Crippen LogP contribution in [0.1, 0.15) is 34.6 Å². The van der Waals surface area contributed by atoms with Crippen LogP contribution in [0.4, 0.5) is 0 Å². The topological polar surface area (TPSA) is 144 Å². The quantitative estimate of drug-likeness (QED) is 0.453. The average molecular weight is 389 g/mol. The van der Waals surface area contributed by atoms with Crippen molar-refractivity contribution >= 4 is 29.8 Å². The molecule has 0 aliphatic carbocycles. The highest BCUT2D eigenvalue weighted by Crippen LogP contribution is 2.28. The van der Waals surface area contributed by atoms with Crippen molar-refractivity contribution in [3.05, 3.63) is 0 Å². The zero-order chi connectivity index (χ0) is 20.7. The van der Waals surface area contributed by atoms with E-state index >= 15 is 0 Å². The molecular weight excluding hydrogens is 366 g/mol. The molecule has 0 radical (unpaired) electrons. The van der Waals surface area contributed by atoms with Crippen molar-refractivity contribution in [1.29, 1.82) is 0 Å². The first kappa shape index (κ1) is 22.4. The molecule has 0 aromatic heterocycles. The maximum atomic E-state index is 11.6. The highest BCUT2D eigenvalue weighted by atomic mass is 16.7. The van der Waals surface area contributed by atoms with Crippen molar-refractivity contribution in [2.24, 2.45) is 0 Å². The molecule has 0 aromatic rings. The van der Waals surface area contributed by atoms with Gasteiger partial charge in [-0.2, -0.15) is 0 Å². The maximum Gasteiger partial charge on any atom is 0.303 e. The molecule has 27 heavy (non-hydrogen) atoms. The van der Waals surface area contributed by atoms with Crippen LogP contribution in [0.3, 0.4) is 0 Å². The number of amides is 1. The first-order chi connectivity index (χ1) is 12.5. The monoisotopic (exact) mass is 389 g/mol. The number of carbonyl (C=O) groups is 5. The lowest BCUT2D eigenvalue weighted by Gasteiger charge is -2.44. The SMILES string of the molecule is CC(=O)N[C@@H]1O[C@H](COC(C)=O)[C@@H](OC(C)=O)[C@H](OC(C)=O)[C@H]1OC(C)=O. The normalized spacial score (nSPS) is 27.1. The van der Waals surface area contributed by atoms with E-state index in [4.69, 9.17) is 23.7 Å². The third kappa shape index (κ3) is 7.21. The van der Waals surface area contributed by atoms with Crippen molar-refractivity contribution < 1.29 is 47.7 Å². The molecule has 152 valence electrons. The van der Waals surface area contributed by atoms with Gasteiger partial charge in [0.05, 0.1) is 0 Å². The molecule has 1 aliphatic heterocycles. The fourth-order valence-electron chi connectivity index (χ4n) is 2.54. The largest absolute Gasteiger partial charge is 0.463 e. The van der Waals surface area contributed by atoms with Crippen LogP contribution in [0.25, 0.3) is 0 Å². The van der Waals surface area contributed by atoms with Crippen LogP contribution in [-0.4, -0.2) is 67.0 Å². The average Bonchev–Trinajstić information content (AvgIpc) is 2.49. The van der Waals surface area contributed by atoms with E-state index in [0.29, 0.717) is 0 Å². The minimum absolute atomic E-state index is 0.353. The summed E-state index contributed by atoms with van der Waals surface area (Å²) in [7, 11) is 0. The third-order valence-electron chi connectivity index (χ3n) is 3.34. The molecule has 1 aliphatic rings. The Morgan fingerprint density at radius 2 is 1.22 bits per heavy atom. The molecule has 0 saturated carbocycles. The van der Waals surface area contributed by atoms with E-state index in [-0.39, 0.29) is 6.61 Å². The van der Waals surface area contributed by atoms with Crippen molar-refractivity contribution in [3.8, 4) is 0 Å². The van der Waals surface area contributed by atoms with Gasteiger partial charge >= 0.3 is 23.9 Å². The Hall–Kier alpha value is -2.69. The molecule has 1 N–H and O–H groups in total. The van der Waals surface area contributed by atoms with Crippen LogP contribution >= 0.6 is 0 Å². The second kappa shape index (κ2) is 9.86. The predicted octanol–water partition coefficient (Wildman–Crippen LogP) is -0.794. The fraction of sp³-hybridized carbons (Fsp3) is 0.688. The number of carbonyl (C=O) groups excluding carboxylic acids is 5. The molecule has 5 atom stereocenters. The van der Waals surface area contributed by atoms with Crippen LogP contribution in [-0.2, 0) is 47.7 Å². The summed E-state index contributed by atoms with van der Waals surface area (Å²) in [6.07, 6.45) is -6.18. The maximum absolute atomic E-state index is 11.6. The van der Waals surface area contributed by atoms with E-state index in [9.17, 15) is 24.0 Å². The van der Waals surface area contributed by atoms with Gasteiger partial charge in [-0.3, -0.25) is 24.0 Å². The summed E-state index contributed by atoms with van der Waals surface area (Å²) < 4.78 is 26.1. The minimum Gasteiger partial charge on any atom is -0.463 e. The van der Waals surface area contributed by atoms with E-state index in [0.717, 1.165) is 20.8 Å². The lowest BCUT2D eigenvalue weighted by atomic mass is 9.97. The Morgan fingerprint density at radius 1 is 0.741 bits per heavy atom. The summed E-state index contributed by atoms with van der Waals surface area (Å²) >= 11 is 0. The zero-order valence-corrected chi connectivity index (χ0v) is 15.7. The second-order valence-electron chi connectivity index (χ2n) is 5.82. The lowest BCUT2D eigenvalue weighted by Crippen LogP contribution is -2.66. The molecule has 1 heterocycles. The van der Waals surface area contributed by atoms with E-state index in [2.05, 4.69) is 5.32 Å². The standard InChI is InChI=1S/C16H23NO10/c1-7(18)17-16-15(26-11(5)22)14(25-10(4)21)13(24-9(3)20)12(27-16)6-23-8(2)19/h12-16H,6H2,1-5H3,(H,17,18)/t12-,13-,14+,15-,16-/m1/s1.